The molecule has 3 heterocycles. The molecule has 0 N–H and O–H groups in total. The minimum Gasteiger partial charge on any atom is -0.310 e. The third-order valence-electron chi connectivity index (χ3n) is 7.00. The molecular formula is C17H30N2O+2. The van der Waals surface area contributed by atoms with Gasteiger partial charge in [-0.15, -0.1) is 0 Å². The van der Waals surface area contributed by atoms with Crippen LogP contribution in [0.25, 0.3) is 0 Å². The van der Waals surface area contributed by atoms with Gasteiger partial charge in [0.25, 0.3) is 0 Å². The van der Waals surface area contributed by atoms with Gasteiger partial charge >= 0.3 is 0 Å². The molecule has 3 heteroatoms. The van der Waals surface area contributed by atoms with E-state index >= 15 is 0 Å². The van der Waals surface area contributed by atoms with Crippen LogP contribution < -0.4 is 0 Å². The van der Waals surface area contributed by atoms with Crippen LogP contribution in [-0.4, -0.2) is 66.1 Å². The van der Waals surface area contributed by atoms with Gasteiger partial charge in [-0.05, 0) is 12.8 Å². The summed E-state index contributed by atoms with van der Waals surface area (Å²) in [6.07, 6.45) is 11.1. The van der Waals surface area contributed by atoms with Gasteiger partial charge in [0.05, 0.1) is 26.2 Å². The van der Waals surface area contributed by atoms with Crippen LogP contribution in [0.3, 0.4) is 0 Å². The fourth-order valence-electron chi connectivity index (χ4n) is 6.27. The van der Waals surface area contributed by atoms with Gasteiger partial charge < -0.3 is 8.97 Å². The second-order valence-electron chi connectivity index (χ2n) is 8.02. The minimum absolute atomic E-state index is 0.586. The number of hydrogen-bond acceptors (Lipinski definition) is 1. The Morgan fingerprint density at radius 1 is 0.650 bits per heavy atom. The maximum absolute atomic E-state index is 12.7. The van der Waals surface area contributed by atoms with Crippen molar-refractivity contribution in [3.63, 3.8) is 0 Å². The highest BCUT2D eigenvalue weighted by atomic mass is 16.1. The van der Waals surface area contributed by atoms with Crippen molar-refractivity contribution in [3.05, 3.63) is 0 Å². The van der Waals surface area contributed by atoms with Crippen molar-refractivity contribution in [1.82, 2.24) is 0 Å². The summed E-state index contributed by atoms with van der Waals surface area (Å²) in [6, 6.07) is 1.63. The predicted molar refractivity (Wildman–Crippen MR) is 79.2 cm³/mol. The molecule has 4 rings (SSSR count). The highest BCUT2D eigenvalue weighted by Gasteiger charge is 2.57. The van der Waals surface area contributed by atoms with E-state index < -0.39 is 0 Å². The summed E-state index contributed by atoms with van der Waals surface area (Å²) in [5.74, 6) is 0.586. The summed E-state index contributed by atoms with van der Waals surface area (Å²) in [5, 5.41) is 0. The van der Waals surface area contributed by atoms with E-state index in [-0.39, 0.29) is 0 Å². The zero-order chi connectivity index (χ0) is 13.6. The van der Waals surface area contributed by atoms with E-state index in [1.54, 1.807) is 0 Å². The summed E-state index contributed by atoms with van der Waals surface area (Å²) in [6.45, 7) is 6.95. The van der Waals surface area contributed by atoms with Crippen molar-refractivity contribution in [2.75, 3.05) is 39.3 Å². The topological polar surface area (TPSA) is 17.1 Å². The molecule has 4 aliphatic rings. The molecule has 3 nitrogen and oxygen atoms in total. The summed E-state index contributed by atoms with van der Waals surface area (Å²) in [4.78, 5) is 12.7. The van der Waals surface area contributed by atoms with Crippen molar-refractivity contribution >= 4 is 5.78 Å². The highest BCUT2D eigenvalue weighted by Crippen LogP contribution is 2.42. The first-order valence-corrected chi connectivity index (χ1v) is 8.97. The zero-order valence-corrected chi connectivity index (χ0v) is 12.9. The van der Waals surface area contributed by atoms with Gasteiger partial charge in [0, 0.05) is 38.5 Å². The average Bonchev–Trinajstić information content (AvgIpc) is 3.07. The summed E-state index contributed by atoms with van der Waals surface area (Å²) >= 11 is 0. The number of carbonyl (C=O) groups is 1. The lowest BCUT2D eigenvalue weighted by Gasteiger charge is -2.49. The molecule has 3 saturated heterocycles. The number of rotatable bonds is 0. The smallest absolute Gasteiger partial charge is 0.240 e. The Kier molecular flexibility index (Phi) is 3.19. The molecule has 4 fully saturated rings. The number of Topliss-reactive ketones (excluding diaryl/α,β-unsaturated/α-hetero) is 1. The monoisotopic (exact) mass is 278 g/mol. The molecule has 1 saturated carbocycles. The molecule has 1 aliphatic carbocycles. The van der Waals surface area contributed by atoms with E-state index in [9.17, 15) is 4.79 Å². The molecule has 3 aliphatic heterocycles. The van der Waals surface area contributed by atoms with Crippen LogP contribution in [0.15, 0.2) is 0 Å². The third kappa shape index (κ3) is 1.89. The van der Waals surface area contributed by atoms with Gasteiger partial charge in [0.1, 0.15) is 25.2 Å². The van der Waals surface area contributed by atoms with Crippen molar-refractivity contribution in [2.45, 2.75) is 63.5 Å². The van der Waals surface area contributed by atoms with Crippen LogP contribution in [-0.2, 0) is 4.79 Å². The zero-order valence-electron chi connectivity index (χ0n) is 12.9. The molecular weight excluding hydrogens is 248 g/mol. The van der Waals surface area contributed by atoms with E-state index in [1.165, 1.54) is 86.5 Å². The molecule has 112 valence electrons. The summed E-state index contributed by atoms with van der Waals surface area (Å²) in [7, 11) is 0. The lowest BCUT2D eigenvalue weighted by molar-refractivity contribution is -0.990. The van der Waals surface area contributed by atoms with Crippen LogP contribution in [0.4, 0.5) is 0 Å². The number of ketones is 1. The van der Waals surface area contributed by atoms with Gasteiger partial charge in [-0.1, -0.05) is 0 Å². The average molecular weight is 278 g/mol. The lowest BCUT2D eigenvalue weighted by Crippen LogP contribution is -2.65. The Bertz CT molecular complexity index is 358. The Morgan fingerprint density at radius 3 is 1.45 bits per heavy atom. The molecule has 0 aromatic carbocycles. The van der Waals surface area contributed by atoms with Gasteiger partial charge in [0.2, 0.25) is 5.78 Å². The normalized spacial score (nSPS) is 39.1. The third-order valence-corrected chi connectivity index (χ3v) is 7.00. The van der Waals surface area contributed by atoms with Crippen molar-refractivity contribution < 1.29 is 13.8 Å². The molecule has 20 heavy (non-hydrogen) atoms. The van der Waals surface area contributed by atoms with Gasteiger partial charge in [-0.3, -0.25) is 4.79 Å². The maximum Gasteiger partial charge on any atom is 0.240 e. The van der Waals surface area contributed by atoms with Gasteiger partial charge in [-0.25, -0.2) is 0 Å². The fraction of sp³-hybridized carbons (Fsp3) is 0.941. The summed E-state index contributed by atoms with van der Waals surface area (Å²) < 4.78 is 2.40. The van der Waals surface area contributed by atoms with E-state index in [1.807, 2.05) is 0 Å². The first-order chi connectivity index (χ1) is 9.74. The van der Waals surface area contributed by atoms with Gasteiger partial charge in [-0.2, -0.15) is 0 Å². The number of quaternary nitrogens is 2. The van der Waals surface area contributed by atoms with Crippen LogP contribution in [0, 0.1) is 0 Å². The Morgan fingerprint density at radius 2 is 1.05 bits per heavy atom. The van der Waals surface area contributed by atoms with E-state index in [4.69, 9.17) is 0 Å². The van der Waals surface area contributed by atoms with Crippen LogP contribution in [0.5, 0.6) is 0 Å². The largest absolute Gasteiger partial charge is 0.310 e. The lowest BCUT2D eigenvalue weighted by atomic mass is 9.85. The molecule has 0 unspecified atom stereocenters. The number of fused-ring (bicyclic) bond motifs is 3. The predicted octanol–water partition coefficient (Wildman–Crippen LogP) is 2.10. The van der Waals surface area contributed by atoms with Crippen LogP contribution in [0.1, 0.15) is 51.4 Å². The minimum atomic E-state index is 0.586. The van der Waals surface area contributed by atoms with Crippen molar-refractivity contribution in [2.24, 2.45) is 0 Å². The first-order valence-electron chi connectivity index (χ1n) is 8.97. The highest BCUT2D eigenvalue weighted by molar-refractivity contribution is 5.81. The Labute approximate surface area is 123 Å². The fourth-order valence-corrected chi connectivity index (χ4v) is 6.27. The van der Waals surface area contributed by atoms with Crippen molar-refractivity contribution in [3.8, 4) is 0 Å². The SMILES string of the molecule is O=C1C[N+]2(CCCC2)[C@@H]2CCCC[C@H]2[N+]2(CCCC2)C1. The van der Waals surface area contributed by atoms with Crippen LogP contribution in [0.2, 0.25) is 0 Å². The molecule has 0 aromatic heterocycles. The molecule has 0 aromatic rings. The molecule has 0 amide bonds. The Balaban J connectivity index is 1.74. The molecule has 0 radical (unpaired) electrons. The Hall–Kier alpha value is -0.410. The standard InChI is InChI=1S/C17H30N2O/c20-15-13-18(9-3-4-10-18)16-7-1-2-8-17(16)19(14-15)11-5-6-12-19/h16-17H,1-14H2/q+2/t16-,17-/m1/s1. The molecule has 2 atom stereocenters. The number of nitrogens with zero attached hydrogens (tertiary/aromatic N) is 2. The molecule has 0 bridgehead atoms. The van der Waals surface area contributed by atoms with E-state index in [0.29, 0.717) is 5.78 Å². The van der Waals surface area contributed by atoms with E-state index in [0.717, 1.165) is 25.2 Å². The number of carbonyl (C=O) groups excluding carboxylic acids is 1. The molecule has 2 spiro atoms. The van der Waals surface area contributed by atoms with Crippen LogP contribution >= 0.6 is 0 Å². The maximum atomic E-state index is 12.7. The second-order valence-corrected chi connectivity index (χ2v) is 8.02. The summed E-state index contributed by atoms with van der Waals surface area (Å²) in [5.41, 5.74) is 0. The number of hydrogen-bond donors (Lipinski definition) is 0. The van der Waals surface area contributed by atoms with E-state index in [2.05, 4.69) is 0 Å². The van der Waals surface area contributed by atoms with Gasteiger partial charge in [0.15, 0.2) is 0 Å². The second kappa shape index (κ2) is 4.81. The van der Waals surface area contributed by atoms with Crippen molar-refractivity contribution in [1.29, 1.82) is 0 Å². The quantitative estimate of drug-likeness (QED) is 0.620. The first kappa shape index (κ1) is 13.3.